The van der Waals surface area contributed by atoms with Gasteiger partial charge in [0.05, 0.1) is 24.0 Å². The number of hydrogen-bond acceptors (Lipinski definition) is 6. The van der Waals surface area contributed by atoms with Crippen LogP contribution in [0.25, 0.3) is 0 Å². The number of pyridine rings is 1. The fourth-order valence-corrected chi connectivity index (χ4v) is 5.81. The minimum Gasteiger partial charge on any atom is -0.598 e. The third-order valence-corrected chi connectivity index (χ3v) is 9.06. The van der Waals surface area contributed by atoms with Crippen molar-refractivity contribution < 1.29 is 28.4 Å². The molecule has 0 bridgehead atoms. The van der Waals surface area contributed by atoms with Crippen molar-refractivity contribution in [1.82, 2.24) is 14.6 Å². The molecular weight excluding hydrogens is 523 g/mol. The Morgan fingerprint density at radius 3 is 2.59 bits per heavy atom. The first-order chi connectivity index (χ1) is 18.4. The molecule has 1 aromatic carbocycles. The molecule has 9 nitrogen and oxygen atoms in total. The summed E-state index contributed by atoms with van der Waals surface area (Å²) in [6, 6.07) is 8.93. The van der Waals surface area contributed by atoms with Crippen LogP contribution in [0.3, 0.4) is 0 Å². The first-order valence-electron chi connectivity index (χ1n) is 13.2. The Hall–Kier alpha value is -2.73. The van der Waals surface area contributed by atoms with Crippen LogP contribution in [0.5, 0.6) is 0 Å². The van der Waals surface area contributed by atoms with Crippen molar-refractivity contribution in [3.8, 4) is 0 Å². The summed E-state index contributed by atoms with van der Waals surface area (Å²) in [5.74, 6) is -0.736. The minimum atomic E-state index is -1.50. The lowest BCUT2D eigenvalue weighted by Crippen LogP contribution is -2.52. The highest BCUT2D eigenvalue weighted by atomic mass is 32.2. The summed E-state index contributed by atoms with van der Waals surface area (Å²) in [5.41, 5.74) is 0.144. The molecule has 2 fully saturated rings. The summed E-state index contributed by atoms with van der Waals surface area (Å²) in [7, 11) is 1.46. The van der Waals surface area contributed by atoms with E-state index in [4.69, 9.17) is 4.74 Å². The molecule has 0 spiro atoms. The van der Waals surface area contributed by atoms with Crippen LogP contribution in [0, 0.1) is 11.7 Å². The Labute approximate surface area is 231 Å². The number of rotatable bonds is 10. The molecule has 2 amide bonds. The number of methoxy groups -OCH3 is 1. The van der Waals surface area contributed by atoms with Gasteiger partial charge in [-0.05, 0) is 69.4 Å². The highest BCUT2D eigenvalue weighted by Gasteiger charge is 2.45. The Morgan fingerprint density at radius 1 is 1.26 bits per heavy atom. The molecule has 39 heavy (non-hydrogen) atoms. The summed E-state index contributed by atoms with van der Waals surface area (Å²) >= 11 is -1.50. The first kappa shape index (κ1) is 29.3. The number of carbonyl (C=O) groups is 2. The number of anilines is 1. The zero-order valence-electron chi connectivity index (χ0n) is 22.8. The van der Waals surface area contributed by atoms with Crippen LogP contribution in [-0.2, 0) is 26.4 Å². The maximum absolute atomic E-state index is 15.1. The second-order valence-electron chi connectivity index (χ2n) is 11.3. The van der Waals surface area contributed by atoms with Crippen LogP contribution >= 0.6 is 0 Å². The van der Waals surface area contributed by atoms with Gasteiger partial charge in [0.2, 0.25) is 5.91 Å². The molecule has 1 saturated heterocycles. The van der Waals surface area contributed by atoms with Gasteiger partial charge in [0, 0.05) is 31.1 Å². The van der Waals surface area contributed by atoms with Crippen LogP contribution < -0.4 is 10.0 Å². The highest BCUT2D eigenvalue weighted by molar-refractivity contribution is 7.90. The Bertz CT molecular complexity index is 1180. The van der Waals surface area contributed by atoms with Gasteiger partial charge in [-0.3, -0.25) is 14.7 Å². The summed E-state index contributed by atoms with van der Waals surface area (Å²) < 4.78 is 36.7. The van der Waals surface area contributed by atoms with Gasteiger partial charge in [-0.15, -0.1) is 4.72 Å². The number of aromatic nitrogens is 1. The maximum atomic E-state index is 15.1. The molecule has 1 saturated carbocycles. The number of carbonyl (C=O) groups excluding carboxylic acids is 1. The second kappa shape index (κ2) is 11.8. The van der Waals surface area contributed by atoms with E-state index in [-0.39, 0.29) is 18.7 Å². The molecule has 4 rings (SSSR count). The Balaban J connectivity index is 1.73. The number of halogens is 1. The van der Waals surface area contributed by atoms with Crippen molar-refractivity contribution in [1.29, 1.82) is 0 Å². The van der Waals surface area contributed by atoms with E-state index in [0.717, 1.165) is 24.2 Å². The van der Waals surface area contributed by atoms with Gasteiger partial charge in [0.15, 0.2) is 0 Å². The van der Waals surface area contributed by atoms with Gasteiger partial charge >= 0.3 is 6.09 Å². The number of hydrogen-bond donors (Lipinski definition) is 3. The molecule has 11 heteroatoms. The molecule has 2 heterocycles. The molecule has 1 aromatic heterocycles. The minimum absolute atomic E-state index is 0.0545. The quantitative estimate of drug-likeness (QED) is 0.367. The van der Waals surface area contributed by atoms with E-state index in [0.29, 0.717) is 23.6 Å². The molecule has 0 radical (unpaired) electrons. The van der Waals surface area contributed by atoms with Crippen LogP contribution in [0.15, 0.2) is 42.6 Å². The lowest BCUT2D eigenvalue weighted by atomic mass is 9.82. The van der Waals surface area contributed by atoms with E-state index in [1.54, 1.807) is 18.3 Å². The smallest absolute Gasteiger partial charge is 0.408 e. The fraction of sp³-hybridized carbons (Fsp3) is 0.536. The average molecular weight is 561 g/mol. The maximum Gasteiger partial charge on any atom is 0.408 e. The zero-order valence-corrected chi connectivity index (χ0v) is 23.6. The molecule has 2 aromatic rings. The number of nitrogens with zero attached hydrogens (tertiary/aromatic N) is 2. The average Bonchev–Trinajstić information content (AvgIpc) is 3.62. The lowest BCUT2D eigenvalue weighted by Gasteiger charge is -2.38. The van der Waals surface area contributed by atoms with Gasteiger partial charge in [0.25, 0.3) is 0 Å². The van der Waals surface area contributed by atoms with E-state index in [9.17, 15) is 19.2 Å². The molecule has 1 aliphatic carbocycles. The molecule has 212 valence electrons. The fourth-order valence-electron chi connectivity index (χ4n) is 4.87. The number of amides is 2. The standard InChI is InChI=1S/C28H37FN4O5S/c1-27(2,3)39(37)32-28(13-12-18-8-9-18,24-7-5-6-14-30-24)19-10-11-21(29)22(15-19)31-25(34)23-16-20(38-4)17-33(23)26(35)36/h5-7,10-11,14-15,18,20,23,32H,8-9,12-13,16-17H2,1-4H3,(H,31,34)(H,35,36)/t20-,23-,28?,39+/m1/s1. The van der Waals surface area contributed by atoms with E-state index >= 15 is 4.39 Å². The molecule has 3 N–H and O–H groups in total. The van der Waals surface area contributed by atoms with E-state index in [1.807, 2.05) is 32.9 Å². The predicted molar refractivity (Wildman–Crippen MR) is 147 cm³/mol. The van der Waals surface area contributed by atoms with Crippen LogP contribution in [0.4, 0.5) is 14.9 Å². The third-order valence-electron chi connectivity index (χ3n) is 7.41. The largest absolute Gasteiger partial charge is 0.598 e. The van der Waals surface area contributed by atoms with E-state index < -0.39 is 51.6 Å². The topological polar surface area (TPSA) is 127 Å². The van der Waals surface area contributed by atoms with Gasteiger partial charge in [-0.25, -0.2) is 9.18 Å². The number of nitrogens with one attached hydrogen (secondary N) is 2. The summed E-state index contributed by atoms with van der Waals surface area (Å²) in [6.45, 7) is 5.68. The summed E-state index contributed by atoms with van der Waals surface area (Å²) in [4.78, 5) is 30.5. The molecule has 1 unspecified atom stereocenters. The molecule has 1 aliphatic heterocycles. The van der Waals surface area contributed by atoms with Crippen molar-refractivity contribution in [3.05, 3.63) is 59.7 Å². The van der Waals surface area contributed by atoms with Crippen molar-refractivity contribution >= 4 is 29.0 Å². The Morgan fingerprint density at radius 2 is 2.00 bits per heavy atom. The van der Waals surface area contributed by atoms with E-state index in [1.165, 1.54) is 19.2 Å². The highest BCUT2D eigenvalue weighted by Crippen LogP contribution is 2.42. The molecule has 2 aliphatic rings. The van der Waals surface area contributed by atoms with E-state index in [2.05, 4.69) is 15.0 Å². The summed E-state index contributed by atoms with van der Waals surface area (Å²) in [5, 5.41) is 12.2. The summed E-state index contributed by atoms with van der Waals surface area (Å²) in [6.07, 6.45) is 3.86. The van der Waals surface area contributed by atoms with Crippen LogP contribution in [0.2, 0.25) is 0 Å². The predicted octanol–water partition coefficient (Wildman–Crippen LogP) is 4.41. The molecular formula is C28H37FN4O5S. The molecule has 4 atom stereocenters. The van der Waals surface area contributed by atoms with Crippen LogP contribution in [-0.4, -0.2) is 62.1 Å². The number of likely N-dealkylation sites (tertiary alicyclic amines) is 1. The van der Waals surface area contributed by atoms with Gasteiger partial charge in [0.1, 0.15) is 22.1 Å². The number of benzene rings is 1. The third kappa shape index (κ3) is 6.71. The van der Waals surface area contributed by atoms with Crippen molar-refractivity contribution in [2.75, 3.05) is 19.0 Å². The second-order valence-corrected chi connectivity index (χ2v) is 13.3. The normalized spacial score (nSPS) is 21.8. The Kier molecular flexibility index (Phi) is 8.85. The van der Waals surface area contributed by atoms with Gasteiger partial charge in [-0.1, -0.05) is 25.0 Å². The number of carboxylic acid groups (broad SMARTS) is 1. The van der Waals surface area contributed by atoms with Crippen molar-refractivity contribution in [2.24, 2.45) is 5.92 Å². The van der Waals surface area contributed by atoms with Crippen molar-refractivity contribution in [3.63, 3.8) is 0 Å². The number of ether oxygens (including phenoxy) is 1. The first-order valence-corrected chi connectivity index (χ1v) is 14.3. The lowest BCUT2D eigenvalue weighted by molar-refractivity contribution is -0.120. The monoisotopic (exact) mass is 560 g/mol. The van der Waals surface area contributed by atoms with Crippen molar-refractivity contribution in [2.45, 2.75) is 75.3 Å². The van der Waals surface area contributed by atoms with Gasteiger partial charge in [-0.2, -0.15) is 0 Å². The van der Waals surface area contributed by atoms with Crippen LogP contribution in [0.1, 0.15) is 64.1 Å². The van der Waals surface area contributed by atoms with Gasteiger partial charge < -0.3 is 19.7 Å². The SMILES string of the molecule is CO[C@@H]1C[C@H](C(=O)Nc2cc(C(CCC3CC3)(N[S@@+]([O-])C(C)(C)C)c3ccccn3)ccc2F)N(C(=O)O)C1. The zero-order chi connectivity index (χ0) is 28.4.